The fourth-order valence-electron chi connectivity index (χ4n) is 3.51. The number of nitrogens with one attached hydrogen (secondary N) is 1. The number of anilines is 2. The van der Waals surface area contributed by atoms with Crippen molar-refractivity contribution in [2.45, 2.75) is 29.3 Å². The Morgan fingerprint density at radius 2 is 2.06 bits per heavy atom. The first-order valence-corrected chi connectivity index (χ1v) is 10.7. The second kappa shape index (κ2) is 8.58. The summed E-state index contributed by atoms with van der Waals surface area (Å²) in [7, 11) is -3.37. The van der Waals surface area contributed by atoms with E-state index in [0.717, 1.165) is 36.4 Å². The monoisotopic (exact) mass is 487 g/mol. The molecule has 1 saturated heterocycles. The molecule has 3 rings (SSSR count). The van der Waals surface area contributed by atoms with Gasteiger partial charge in [-0.1, -0.05) is 0 Å². The number of aromatic nitrogens is 1. The van der Waals surface area contributed by atoms with E-state index in [1.54, 1.807) is 6.07 Å². The second-order valence-electron chi connectivity index (χ2n) is 7.24. The summed E-state index contributed by atoms with van der Waals surface area (Å²) in [6.07, 6.45) is -4.72. The molecule has 1 amide bonds. The predicted molar refractivity (Wildman–Crippen MR) is 107 cm³/mol. The summed E-state index contributed by atoms with van der Waals surface area (Å²) in [6, 6.07) is 5.44. The molecule has 1 aliphatic rings. The number of pyridine rings is 1. The number of carbonyl (C=O) groups is 1. The van der Waals surface area contributed by atoms with Crippen LogP contribution in [0.3, 0.4) is 0 Å². The first kappa shape index (κ1) is 24.4. The minimum absolute atomic E-state index is 0.0578. The molecule has 2 aromatic rings. The SMILES string of the molecule is CO[C@@]1(C(F)(F)F)C[C@@H](C(=O)Nc2ccnc(S(N)(=O)=O)c2)N(c2ccc(C#N)cc2F)C1. The van der Waals surface area contributed by atoms with Crippen LogP contribution in [0, 0.1) is 17.1 Å². The molecule has 14 heteroatoms. The van der Waals surface area contributed by atoms with Crippen LogP contribution >= 0.6 is 0 Å². The number of hydrogen-bond acceptors (Lipinski definition) is 7. The number of rotatable bonds is 5. The molecule has 0 spiro atoms. The lowest BCUT2D eigenvalue weighted by Crippen LogP contribution is -2.49. The van der Waals surface area contributed by atoms with Crippen molar-refractivity contribution in [1.82, 2.24) is 4.98 Å². The van der Waals surface area contributed by atoms with Gasteiger partial charge in [0.25, 0.3) is 10.0 Å². The molecule has 176 valence electrons. The fraction of sp³-hybridized carbons (Fsp3) is 0.316. The summed E-state index contributed by atoms with van der Waals surface area (Å²) in [5.41, 5.74) is -3.27. The maximum absolute atomic E-state index is 14.7. The molecule has 1 aliphatic heterocycles. The number of nitriles is 1. The van der Waals surface area contributed by atoms with Crippen LogP contribution in [-0.2, 0) is 19.6 Å². The lowest BCUT2D eigenvalue weighted by atomic mass is 9.99. The van der Waals surface area contributed by atoms with Crippen molar-refractivity contribution in [1.29, 1.82) is 5.26 Å². The molecule has 1 fully saturated rings. The maximum Gasteiger partial charge on any atom is 0.419 e. The minimum atomic E-state index is -4.89. The molecule has 9 nitrogen and oxygen atoms in total. The first-order valence-electron chi connectivity index (χ1n) is 9.19. The van der Waals surface area contributed by atoms with Gasteiger partial charge in [0.1, 0.15) is 11.9 Å². The Bertz CT molecular complexity index is 1230. The van der Waals surface area contributed by atoms with E-state index < -0.39 is 57.6 Å². The lowest BCUT2D eigenvalue weighted by molar-refractivity contribution is -0.261. The van der Waals surface area contributed by atoms with Gasteiger partial charge in [-0.25, -0.2) is 22.9 Å². The molecule has 0 saturated carbocycles. The van der Waals surface area contributed by atoms with E-state index in [-0.39, 0.29) is 16.9 Å². The van der Waals surface area contributed by atoms with Crippen LogP contribution in [0.5, 0.6) is 0 Å². The van der Waals surface area contributed by atoms with E-state index in [1.165, 1.54) is 12.1 Å². The molecule has 0 unspecified atom stereocenters. The maximum atomic E-state index is 14.7. The number of halogens is 4. The third kappa shape index (κ3) is 4.75. The predicted octanol–water partition coefficient (Wildman–Crippen LogP) is 1.90. The number of primary sulfonamides is 1. The number of hydrogen-bond donors (Lipinski definition) is 2. The highest BCUT2D eigenvalue weighted by atomic mass is 32.2. The van der Waals surface area contributed by atoms with E-state index >= 15 is 0 Å². The highest BCUT2D eigenvalue weighted by Gasteiger charge is 2.63. The number of methoxy groups -OCH3 is 1. The van der Waals surface area contributed by atoms with Crippen LogP contribution < -0.4 is 15.4 Å². The third-order valence-corrected chi connectivity index (χ3v) is 6.02. The summed E-state index contributed by atoms with van der Waals surface area (Å²) >= 11 is 0. The largest absolute Gasteiger partial charge is 0.419 e. The van der Waals surface area contributed by atoms with E-state index in [9.17, 15) is 30.8 Å². The average Bonchev–Trinajstić information content (AvgIpc) is 3.14. The standard InChI is InChI=1S/C19H17F4N5O4S/c1-32-18(19(21,22)23)8-15(28(10-18)14-3-2-11(9-24)6-13(14)20)17(29)27-12-4-5-26-16(7-12)33(25,30)31/h2-7,15H,8,10H2,1H3,(H2,25,30,31)(H,26,27,29)/t15-,18-/m0/s1. The molecular weight excluding hydrogens is 470 g/mol. The van der Waals surface area contributed by atoms with Gasteiger partial charge < -0.3 is 15.0 Å². The number of nitrogens with zero attached hydrogens (tertiary/aromatic N) is 3. The van der Waals surface area contributed by atoms with Gasteiger partial charge in [0.15, 0.2) is 10.6 Å². The molecule has 1 aromatic heterocycles. The van der Waals surface area contributed by atoms with Crippen molar-refractivity contribution in [3.05, 3.63) is 47.9 Å². The van der Waals surface area contributed by atoms with E-state index in [0.29, 0.717) is 0 Å². The Labute approximate surface area is 185 Å². The zero-order chi connectivity index (χ0) is 24.6. The Morgan fingerprint density at radius 3 is 2.61 bits per heavy atom. The normalized spacial score (nSPS) is 21.0. The van der Waals surface area contributed by atoms with Crippen LogP contribution in [0.25, 0.3) is 0 Å². The molecule has 2 heterocycles. The Hall–Kier alpha value is -3.28. The van der Waals surface area contributed by atoms with Gasteiger partial charge in [-0.3, -0.25) is 4.79 Å². The molecule has 0 radical (unpaired) electrons. The van der Waals surface area contributed by atoms with Gasteiger partial charge in [0.05, 0.1) is 23.9 Å². The van der Waals surface area contributed by atoms with Crippen LogP contribution in [0.15, 0.2) is 41.6 Å². The molecule has 0 aliphatic carbocycles. The van der Waals surface area contributed by atoms with Crippen LogP contribution in [-0.4, -0.2) is 50.8 Å². The quantitative estimate of drug-likeness (QED) is 0.615. The van der Waals surface area contributed by atoms with E-state index in [4.69, 9.17) is 15.1 Å². The van der Waals surface area contributed by atoms with Gasteiger partial charge in [-0.15, -0.1) is 0 Å². The van der Waals surface area contributed by atoms with Crippen LogP contribution in [0.4, 0.5) is 28.9 Å². The van der Waals surface area contributed by atoms with Gasteiger partial charge in [-0.05, 0) is 24.3 Å². The van der Waals surface area contributed by atoms with Gasteiger partial charge in [0.2, 0.25) is 5.91 Å². The summed E-state index contributed by atoms with van der Waals surface area (Å²) in [5.74, 6) is -1.98. The van der Waals surface area contributed by atoms with Crippen molar-refractivity contribution < 1.29 is 35.5 Å². The fourth-order valence-corrected chi connectivity index (χ4v) is 4.01. The summed E-state index contributed by atoms with van der Waals surface area (Å²) in [6.45, 7) is -0.896. The molecule has 2 atom stereocenters. The van der Waals surface area contributed by atoms with Crippen molar-refractivity contribution >= 4 is 27.3 Å². The Morgan fingerprint density at radius 1 is 1.36 bits per heavy atom. The molecule has 0 bridgehead atoms. The Balaban J connectivity index is 2.01. The van der Waals surface area contributed by atoms with Gasteiger partial charge in [-0.2, -0.15) is 18.4 Å². The minimum Gasteiger partial charge on any atom is -0.367 e. The van der Waals surface area contributed by atoms with E-state index in [2.05, 4.69) is 10.3 Å². The topological polar surface area (TPSA) is 138 Å². The molecule has 33 heavy (non-hydrogen) atoms. The lowest BCUT2D eigenvalue weighted by Gasteiger charge is -2.30. The highest BCUT2D eigenvalue weighted by molar-refractivity contribution is 7.89. The highest BCUT2D eigenvalue weighted by Crippen LogP contribution is 2.45. The van der Waals surface area contributed by atoms with E-state index in [1.807, 2.05) is 0 Å². The summed E-state index contributed by atoms with van der Waals surface area (Å²) < 4.78 is 84.0. The molecule has 3 N–H and O–H groups in total. The first-order chi connectivity index (χ1) is 15.3. The number of alkyl halides is 3. The second-order valence-corrected chi connectivity index (χ2v) is 8.75. The average molecular weight is 487 g/mol. The summed E-state index contributed by atoms with van der Waals surface area (Å²) in [5, 5.41) is 15.7. The molecular formula is C19H17F4N5O4S. The number of benzene rings is 1. The number of carbonyl (C=O) groups excluding carboxylic acids is 1. The smallest absolute Gasteiger partial charge is 0.367 e. The molecule has 1 aromatic carbocycles. The van der Waals surface area contributed by atoms with Crippen molar-refractivity contribution in [3.8, 4) is 6.07 Å². The van der Waals surface area contributed by atoms with Crippen molar-refractivity contribution in [2.75, 3.05) is 23.9 Å². The van der Waals surface area contributed by atoms with Gasteiger partial charge in [0, 0.05) is 31.5 Å². The number of sulfonamides is 1. The summed E-state index contributed by atoms with van der Waals surface area (Å²) in [4.78, 5) is 17.4. The zero-order valence-corrected chi connectivity index (χ0v) is 17.7. The Kier molecular flexibility index (Phi) is 6.33. The number of amides is 1. The van der Waals surface area contributed by atoms with Gasteiger partial charge >= 0.3 is 6.18 Å². The zero-order valence-electron chi connectivity index (χ0n) is 16.9. The van der Waals surface area contributed by atoms with Crippen molar-refractivity contribution in [2.24, 2.45) is 5.14 Å². The number of ether oxygens (including phenoxy) is 1. The van der Waals surface area contributed by atoms with Crippen LogP contribution in [0.2, 0.25) is 0 Å². The third-order valence-electron chi connectivity index (χ3n) is 5.22. The number of nitrogens with two attached hydrogens (primary N) is 1. The van der Waals surface area contributed by atoms with Crippen LogP contribution in [0.1, 0.15) is 12.0 Å². The van der Waals surface area contributed by atoms with Crippen molar-refractivity contribution in [3.63, 3.8) is 0 Å².